The van der Waals surface area contributed by atoms with Gasteiger partial charge in [-0.3, -0.25) is 4.79 Å². The number of esters is 1. The van der Waals surface area contributed by atoms with Crippen molar-refractivity contribution < 1.29 is 62.3 Å². The van der Waals surface area contributed by atoms with Crippen LogP contribution < -0.4 is 61.9 Å². The van der Waals surface area contributed by atoms with Gasteiger partial charge in [0, 0.05) is 5.02 Å². The number of halogens is 1. The molecule has 1 aromatic rings. The quantitative estimate of drug-likeness (QED) is 0.372. The Hall–Kier alpha value is 0.576. The third kappa shape index (κ3) is 5.12. The van der Waals surface area contributed by atoms with E-state index in [1.54, 1.807) is 24.3 Å². The van der Waals surface area contributed by atoms with Crippen LogP contribution >= 0.6 is 11.6 Å². The zero-order valence-electron chi connectivity index (χ0n) is 8.29. The number of hydrogen-bond donors (Lipinski definition) is 1. The summed E-state index contributed by atoms with van der Waals surface area (Å²) in [6, 6.07) is 6.49. The van der Waals surface area contributed by atoms with E-state index in [4.69, 9.17) is 22.1 Å². The SMILES string of the molecule is NCC(=O)Oc1ccc(Cl)cc1.[H-].[K+]. The van der Waals surface area contributed by atoms with Crippen molar-refractivity contribution >= 4 is 17.6 Å². The fourth-order valence-corrected chi connectivity index (χ4v) is 0.802. The molecule has 1 rings (SSSR count). The first kappa shape index (κ1) is 13.6. The van der Waals surface area contributed by atoms with Crippen LogP contribution in [0.25, 0.3) is 0 Å². The minimum Gasteiger partial charge on any atom is -1.00 e. The molecule has 0 heterocycles. The summed E-state index contributed by atoms with van der Waals surface area (Å²) >= 11 is 5.62. The zero-order valence-corrected chi connectivity index (χ0v) is 11.2. The molecule has 0 aliphatic heterocycles. The largest absolute Gasteiger partial charge is 1.00 e. The minimum absolute atomic E-state index is 0. The van der Waals surface area contributed by atoms with Gasteiger partial charge in [0.1, 0.15) is 5.75 Å². The van der Waals surface area contributed by atoms with Gasteiger partial charge in [0.25, 0.3) is 0 Å². The van der Waals surface area contributed by atoms with Crippen molar-refractivity contribution in [2.24, 2.45) is 5.73 Å². The first-order valence-electron chi connectivity index (χ1n) is 3.38. The maximum Gasteiger partial charge on any atom is 1.00 e. The van der Waals surface area contributed by atoms with Gasteiger partial charge >= 0.3 is 57.4 Å². The minimum atomic E-state index is -0.461. The summed E-state index contributed by atoms with van der Waals surface area (Å²) < 4.78 is 4.80. The number of nitrogens with two attached hydrogens (primary N) is 1. The molecule has 0 saturated heterocycles. The average Bonchev–Trinajstić information content (AvgIpc) is 2.09. The van der Waals surface area contributed by atoms with E-state index in [1.807, 2.05) is 0 Å². The molecule has 3 nitrogen and oxygen atoms in total. The molecule has 66 valence electrons. The molecule has 5 heteroatoms. The van der Waals surface area contributed by atoms with Gasteiger partial charge < -0.3 is 11.9 Å². The zero-order chi connectivity index (χ0) is 8.97. The summed E-state index contributed by atoms with van der Waals surface area (Å²) in [5, 5.41) is 0.600. The van der Waals surface area contributed by atoms with Crippen molar-refractivity contribution in [2.75, 3.05) is 6.54 Å². The van der Waals surface area contributed by atoms with E-state index >= 15 is 0 Å². The van der Waals surface area contributed by atoms with Gasteiger partial charge in [-0.15, -0.1) is 0 Å². The molecule has 13 heavy (non-hydrogen) atoms. The van der Waals surface area contributed by atoms with Crippen molar-refractivity contribution in [3.63, 3.8) is 0 Å². The summed E-state index contributed by atoms with van der Waals surface area (Å²) in [4.78, 5) is 10.7. The Morgan fingerprint density at radius 2 is 2.00 bits per heavy atom. The van der Waals surface area contributed by atoms with Gasteiger partial charge in [-0.2, -0.15) is 0 Å². The van der Waals surface area contributed by atoms with E-state index < -0.39 is 5.97 Å². The monoisotopic (exact) mass is 225 g/mol. The number of ether oxygens (including phenoxy) is 1. The number of carbonyl (C=O) groups excluding carboxylic acids is 1. The normalized spacial score (nSPS) is 8.77. The van der Waals surface area contributed by atoms with Gasteiger partial charge in [-0.05, 0) is 24.3 Å². The van der Waals surface area contributed by atoms with Crippen LogP contribution in [0.4, 0.5) is 0 Å². The van der Waals surface area contributed by atoms with Crippen molar-refractivity contribution in [1.29, 1.82) is 0 Å². The number of carbonyl (C=O) groups is 1. The summed E-state index contributed by atoms with van der Waals surface area (Å²) in [5.41, 5.74) is 5.05. The van der Waals surface area contributed by atoms with E-state index in [-0.39, 0.29) is 59.4 Å². The standard InChI is InChI=1S/C8H8ClNO2.K.H/c9-6-1-3-7(4-2-6)12-8(11)5-10;;/h1-4H,5,10H2;;/q;+1;-1. The second kappa shape index (κ2) is 6.95. The second-order valence-corrected chi connectivity index (χ2v) is 2.57. The van der Waals surface area contributed by atoms with Crippen LogP contribution in [0.5, 0.6) is 5.75 Å². The molecule has 0 aliphatic carbocycles. The number of hydrogen-bond acceptors (Lipinski definition) is 3. The van der Waals surface area contributed by atoms with Gasteiger partial charge in [0.2, 0.25) is 0 Å². The molecule has 2 N–H and O–H groups in total. The molecule has 0 spiro atoms. The third-order valence-electron chi connectivity index (χ3n) is 1.21. The fraction of sp³-hybridized carbons (Fsp3) is 0.125. The average molecular weight is 226 g/mol. The van der Waals surface area contributed by atoms with Crippen LogP contribution in [-0.2, 0) is 4.79 Å². The Morgan fingerprint density at radius 3 is 2.46 bits per heavy atom. The number of rotatable bonds is 2. The molecule has 0 radical (unpaired) electrons. The van der Waals surface area contributed by atoms with Crippen LogP contribution in [0, 0.1) is 0 Å². The smallest absolute Gasteiger partial charge is 1.00 e. The molecular weight excluding hydrogens is 217 g/mol. The molecule has 0 unspecified atom stereocenters. The first-order chi connectivity index (χ1) is 5.72. The molecular formula is C8H9ClKNO2. The predicted molar refractivity (Wildman–Crippen MR) is 47.3 cm³/mol. The Kier molecular flexibility index (Phi) is 7.25. The van der Waals surface area contributed by atoms with E-state index in [2.05, 4.69) is 0 Å². The van der Waals surface area contributed by atoms with Gasteiger partial charge in [0.05, 0.1) is 6.54 Å². The van der Waals surface area contributed by atoms with Crippen LogP contribution in [0.15, 0.2) is 24.3 Å². The predicted octanol–water partition coefficient (Wildman–Crippen LogP) is -1.68. The van der Waals surface area contributed by atoms with Gasteiger partial charge in [-0.1, -0.05) is 11.6 Å². The first-order valence-corrected chi connectivity index (χ1v) is 3.76. The fourth-order valence-electron chi connectivity index (χ4n) is 0.676. The maximum absolute atomic E-state index is 10.7. The van der Waals surface area contributed by atoms with Crippen LogP contribution in [-0.4, -0.2) is 12.5 Å². The summed E-state index contributed by atoms with van der Waals surface area (Å²) in [7, 11) is 0. The van der Waals surface area contributed by atoms with E-state index in [0.717, 1.165) is 0 Å². The Balaban J connectivity index is 0. The molecule has 0 aromatic heterocycles. The van der Waals surface area contributed by atoms with Crippen LogP contribution in [0.3, 0.4) is 0 Å². The molecule has 0 aliphatic rings. The van der Waals surface area contributed by atoms with Crippen molar-refractivity contribution in [3.8, 4) is 5.75 Å². The molecule has 0 fully saturated rings. The summed E-state index contributed by atoms with van der Waals surface area (Å²) in [6.07, 6.45) is 0. The van der Waals surface area contributed by atoms with Crippen molar-refractivity contribution in [3.05, 3.63) is 29.3 Å². The maximum atomic E-state index is 10.7. The van der Waals surface area contributed by atoms with Gasteiger partial charge in [0.15, 0.2) is 0 Å². The molecule has 0 atom stereocenters. The molecule has 0 bridgehead atoms. The topological polar surface area (TPSA) is 52.3 Å². The molecule has 0 amide bonds. The van der Waals surface area contributed by atoms with Crippen LogP contribution in [0.2, 0.25) is 5.02 Å². The van der Waals surface area contributed by atoms with Gasteiger partial charge in [-0.25, -0.2) is 0 Å². The Labute approximate surface area is 125 Å². The van der Waals surface area contributed by atoms with E-state index in [1.165, 1.54) is 0 Å². The van der Waals surface area contributed by atoms with Crippen molar-refractivity contribution in [2.45, 2.75) is 0 Å². The summed E-state index contributed by atoms with van der Waals surface area (Å²) in [6.45, 7) is -0.122. The Morgan fingerprint density at radius 1 is 1.46 bits per heavy atom. The van der Waals surface area contributed by atoms with E-state index in [9.17, 15) is 4.79 Å². The third-order valence-corrected chi connectivity index (χ3v) is 1.46. The van der Waals surface area contributed by atoms with Crippen molar-refractivity contribution in [1.82, 2.24) is 0 Å². The molecule has 1 aromatic carbocycles. The van der Waals surface area contributed by atoms with Crippen LogP contribution in [0.1, 0.15) is 1.43 Å². The second-order valence-electron chi connectivity index (χ2n) is 2.13. The molecule has 0 saturated carbocycles. The Bertz CT molecular complexity index is 281. The van der Waals surface area contributed by atoms with E-state index in [0.29, 0.717) is 10.8 Å². The number of benzene rings is 1. The summed E-state index contributed by atoms with van der Waals surface area (Å²) in [5.74, 6) is -0.00725.